The summed E-state index contributed by atoms with van der Waals surface area (Å²) >= 11 is 7.25. The number of nitrogens with one attached hydrogen (secondary N) is 1. The molecule has 1 aliphatic rings. The third-order valence-electron chi connectivity index (χ3n) is 3.99. The van der Waals surface area contributed by atoms with Crippen LogP contribution in [-0.4, -0.2) is 16.0 Å². The van der Waals surface area contributed by atoms with E-state index in [9.17, 15) is 14.9 Å². The van der Waals surface area contributed by atoms with Crippen molar-refractivity contribution in [2.75, 3.05) is 0 Å². The van der Waals surface area contributed by atoms with Gasteiger partial charge in [0.05, 0.1) is 26.1 Å². The first-order valence-electron chi connectivity index (χ1n) is 8.39. The molecule has 3 aromatic rings. The lowest BCUT2D eigenvalue weighted by Gasteiger charge is -1.98. The molecule has 0 saturated carbocycles. The molecule has 2 aromatic carbocycles. The van der Waals surface area contributed by atoms with Gasteiger partial charge in [0.15, 0.2) is 5.17 Å². The summed E-state index contributed by atoms with van der Waals surface area (Å²) in [5.41, 5.74) is 0.865. The van der Waals surface area contributed by atoms with Crippen molar-refractivity contribution in [1.82, 2.24) is 5.32 Å². The minimum absolute atomic E-state index is 0.0526. The number of amides is 1. The van der Waals surface area contributed by atoms with Crippen molar-refractivity contribution in [1.29, 1.82) is 0 Å². The molecule has 1 fully saturated rings. The van der Waals surface area contributed by atoms with Gasteiger partial charge >= 0.3 is 0 Å². The van der Waals surface area contributed by atoms with Gasteiger partial charge in [-0.15, -0.1) is 0 Å². The lowest BCUT2D eigenvalue weighted by molar-refractivity contribution is -0.384. The quantitative estimate of drug-likeness (QED) is 0.343. The van der Waals surface area contributed by atoms with Crippen LogP contribution in [0, 0.1) is 10.1 Å². The fourth-order valence-corrected chi connectivity index (χ4v) is 3.67. The van der Waals surface area contributed by atoms with Gasteiger partial charge in [0, 0.05) is 12.1 Å². The number of para-hydroxylation sites is 2. The normalized spacial score (nSPS) is 16.4. The number of nitro groups is 1. The molecule has 144 valence electrons. The summed E-state index contributed by atoms with van der Waals surface area (Å²) < 4.78 is 5.71. The number of carbonyl (C=O) groups is 1. The highest BCUT2D eigenvalue weighted by Crippen LogP contribution is 2.34. The molecule has 9 heteroatoms. The van der Waals surface area contributed by atoms with Crippen molar-refractivity contribution in [3.63, 3.8) is 0 Å². The molecule has 7 nitrogen and oxygen atoms in total. The Bertz CT molecular complexity index is 1190. The zero-order valence-electron chi connectivity index (χ0n) is 14.7. The standard InChI is InChI=1S/C20H12ClN3O4S/c21-14-6-2-3-7-15(14)22-20-23-19(25)18(29-20)11-12-9-10-17(28-12)13-5-1-4-8-16(13)24(26)27/h1-11H,(H,22,23,25). The molecule has 4 rings (SSSR count). The first kappa shape index (κ1) is 19.0. The molecule has 1 aromatic heterocycles. The molecule has 1 N–H and O–H groups in total. The Morgan fingerprint density at radius 3 is 2.66 bits per heavy atom. The molecular formula is C20H12ClN3O4S. The molecule has 0 aliphatic carbocycles. The number of carbonyl (C=O) groups excluding carboxylic acids is 1. The second-order valence-corrected chi connectivity index (χ2v) is 7.35. The van der Waals surface area contributed by atoms with Gasteiger partial charge < -0.3 is 9.73 Å². The van der Waals surface area contributed by atoms with E-state index in [2.05, 4.69) is 10.3 Å². The van der Waals surface area contributed by atoms with Crippen LogP contribution in [0.3, 0.4) is 0 Å². The number of hydrogen-bond donors (Lipinski definition) is 1. The third-order valence-corrected chi connectivity index (χ3v) is 5.22. The van der Waals surface area contributed by atoms with Crippen LogP contribution in [0.5, 0.6) is 0 Å². The Balaban J connectivity index is 1.59. The fraction of sp³-hybridized carbons (Fsp3) is 0. The van der Waals surface area contributed by atoms with Gasteiger partial charge in [0.25, 0.3) is 11.6 Å². The molecule has 1 amide bonds. The number of amidine groups is 1. The van der Waals surface area contributed by atoms with E-state index in [1.165, 1.54) is 6.07 Å². The summed E-state index contributed by atoms with van der Waals surface area (Å²) in [5, 5.41) is 14.8. The topological polar surface area (TPSA) is 97.7 Å². The van der Waals surface area contributed by atoms with Crippen LogP contribution in [0.4, 0.5) is 11.4 Å². The maximum absolute atomic E-state index is 12.2. The van der Waals surface area contributed by atoms with Gasteiger partial charge in [0.2, 0.25) is 0 Å². The molecule has 1 aliphatic heterocycles. The molecule has 0 atom stereocenters. The minimum atomic E-state index is -0.465. The van der Waals surface area contributed by atoms with E-state index in [1.807, 2.05) is 0 Å². The Morgan fingerprint density at radius 1 is 1.10 bits per heavy atom. The summed E-state index contributed by atoms with van der Waals surface area (Å²) in [4.78, 5) is 27.7. The maximum Gasteiger partial charge on any atom is 0.280 e. The lowest BCUT2D eigenvalue weighted by Crippen LogP contribution is -2.19. The first-order chi connectivity index (χ1) is 14.0. The molecule has 1 saturated heterocycles. The van der Waals surface area contributed by atoms with Crippen LogP contribution in [0.1, 0.15) is 5.76 Å². The van der Waals surface area contributed by atoms with E-state index < -0.39 is 4.92 Å². The average molecular weight is 426 g/mol. The number of nitrogens with zero attached hydrogens (tertiary/aromatic N) is 2. The first-order valence-corrected chi connectivity index (χ1v) is 9.58. The Morgan fingerprint density at radius 2 is 1.86 bits per heavy atom. The number of rotatable bonds is 4. The SMILES string of the molecule is O=C1NC(=Nc2ccccc2Cl)SC1=Cc1ccc(-c2ccccc2[N+](=O)[O-])o1. The van der Waals surface area contributed by atoms with E-state index in [0.717, 1.165) is 11.8 Å². The van der Waals surface area contributed by atoms with E-state index in [0.29, 0.717) is 37.9 Å². The number of thioether (sulfide) groups is 1. The van der Waals surface area contributed by atoms with Crippen LogP contribution >= 0.6 is 23.4 Å². The summed E-state index contributed by atoms with van der Waals surface area (Å²) in [6.07, 6.45) is 1.56. The van der Waals surface area contributed by atoms with E-state index in [4.69, 9.17) is 16.0 Å². The smallest absolute Gasteiger partial charge is 0.280 e. The van der Waals surface area contributed by atoms with Crippen LogP contribution < -0.4 is 5.32 Å². The summed E-state index contributed by atoms with van der Waals surface area (Å²) in [5.74, 6) is 0.428. The largest absolute Gasteiger partial charge is 0.456 e. The van der Waals surface area contributed by atoms with Crippen LogP contribution in [0.2, 0.25) is 5.02 Å². The van der Waals surface area contributed by atoms with Crippen LogP contribution in [0.25, 0.3) is 17.4 Å². The van der Waals surface area contributed by atoms with E-state index in [-0.39, 0.29) is 11.6 Å². The Labute approximate surface area is 174 Å². The monoisotopic (exact) mass is 425 g/mol. The summed E-state index contributed by atoms with van der Waals surface area (Å²) in [6.45, 7) is 0. The number of nitro benzene ring substituents is 1. The summed E-state index contributed by atoms with van der Waals surface area (Å²) in [7, 11) is 0. The van der Waals surface area contributed by atoms with Crippen LogP contribution in [-0.2, 0) is 4.79 Å². The lowest BCUT2D eigenvalue weighted by atomic mass is 10.1. The van der Waals surface area contributed by atoms with Crippen molar-refractivity contribution in [3.8, 4) is 11.3 Å². The number of hydrogen-bond acceptors (Lipinski definition) is 6. The van der Waals surface area contributed by atoms with Gasteiger partial charge in [-0.2, -0.15) is 0 Å². The maximum atomic E-state index is 12.2. The van der Waals surface area contributed by atoms with Crippen molar-refractivity contribution in [2.24, 2.45) is 4.99 Å². The van der Waals surface area contributed by atoms with Gasteiger partial charge in [-0.25, -0.2) is 4.99 Å². The minimum Gasteiger partial charge on any atom is -0.456 e. The molecule has 29 heavy (non-hydrogen) atoms. The molecule has 0 radical (unpaired) electrons. The number of aliphatic imine (C=N–C) groups is 1. The van der Waals surface area contributed by atoms with Crippen molar-refractivity contribution >= 4 is 51.9 Å². The highest BCUT2D eigenvalue weighted by Gasteiger charge is 2.25. The predicted molar refractivity (Wildman–Crippen MR) is 113 cm³/mol. The Hall–Kier alpha value is -3.36. The highest BCUT2D eigenvalue weighted by atomic mass is 35.5. The Kier molecular flexibility index (Phi) is 5.20. The fourth-order valence-electron chi connectivity index (χ4n) is 2.68. The van der Waals surface area contributed by atoms with Gasteiger partial charge in [-0.3, -0.25) is 14.9 Å². The molecular weight excluding hydrogens is 414 g/mol. The van der Waals surface area contributed by atoms with Crippen LogP contribution in [0.15, 0.2) is 75.0 Å². The zero-order valence-corrected chi connectivity index (χ0v) is 16.2. The van der Waals surface area contributed by atoms with Crippen molar-refractivity contribution < 1.29 is 14.1 Å². The van der Waals surface area contributed by atoms with Gasteiger partial charge in [0.1, 0.15) is 11.5 Å². The van der Waals surface area contributed by atoms with Crippen molar-refractivity contribution in [3.05, 3.63) is 86.5 Å². The summed E-state index contributed by atoms with van der Waals surface area (Å²) in [6, 6.07) is 16.6. The number of benzene rings is 2. The van der Waals surface area contributed by atoms with E-state index in [1.54, 1.807) is 60.7 Å². The number of halogens is 1. The third kappa shape index (κ3) is 4.08. The average Bonchev–Trinajstić information content (AvgIpc) is 3.30. The second kappa shape index (κ2) is 7.94. The number of furan rings is 1. The second-order valence-electron chi connectivity index (χ2n) is 5.91. The van der Waals surface area contributed by atoms with E-state index >= 15 is 0 Å². The molecule has 2 heterocycles. The molecule has 0 unspecified atom stereocenters. The zero-order chi connectivity index (χ0) is 20.4. The molecule has 0 spiro atoms. The molecule has 0 bridgehead atoms. The van der Waals surface area contributed by atoms with Crippen molar-refractivity contribution in [2.45, 2.75) is 0 Å². The van der Waals surface area contributed by atoms with Gasteiger partial charge in [-0.1, -0.05) is 35.9 Å². The van der Waals surface area contributed by atoms with Gasteiger partial charge in [-0.05, 0) is 42.1 Å². The predicted octanol–water partition coefficient (Wildman–Crippen LogP) is 5.40. The highest BCUT2D eigenvalue weighted by molar-refractivity contribution is 8.18.